The van der Waals surface area contributed by atoms with Crippen LogP contribution in [0.1, 0.15) is 48.9 Å². The van der Waals surface area contributed by atoms with E-state index in [1.165, 1.54) is 33.2 Å². The van der Waals surface area contributed by atoms with Crippen LogP contribution in [0.15, 0.2) is 71.3 Å². The third-order valence-corrected chi connectivity index (χ3v) is 7.62. The number of furan rings is 1. The molecule has 2 nitrogen and oxygen atoms in total. The summed E-state index contributed by atoms with van der Waals surface area (Å²) in [7, 11) is 0. The largest absolute Gasteiger partial charge is 0.455 e. The Labute approximate surface area is 188 Å². The minimum absolute atomic E-state index is 0.0519. The molecule has 0 bridgehead atoms. The zero-order valence-electron chi connectivity index (χ0n) is 19.1. The van der Waals surface area contributed by atoms with Crippen LogP contribution in [0.4, 0.5) is 0 Å². The maximum atomic E-state index is 6.79. The molecule has 0 spiro atoms. The average molecular weight is 418 g/mol. The van der Waals surface area contributed by atoms with Crippen molar-refractivity contribution in [1.82, 2.24) is 4.98 Å². The van der Waals surface area contributed by atoms with Gasteiger partial charge in [0.25, 0.3) is 0 Å². The summed E-state index contributed by atoms with van der Waals surface area (Å²) in [5, 5.41) is 2.35. The van der Waals surface area contributed by atoms with Gasteiger partial charge in [-0.15, -0.1) is 0 Å². The minimum Gasteiger partial charge on any atom is -0.455 e. The summed E-state index contributed by atoms with van der Waals surface area (Å²) in [6.45, 7) is 8.83. The molecule has 0 amide bonds. The van der Waals surface area contributed by atoms with E-state index in [-0.39, 0.29) is 5.41 Å². The fourth-order valence-electron chi connectivity index (χ4n) is 5.88. The van der Waals surface area contributed by atoms with Crippen LogP contribution in [0.25, 0.3) is 44.3 Å². The molecule has 1 aliphatic rings. The van der Waals surface area contributed by atoms with Crippen LogP contribution >= 0.6 is 0 Å². The van der Waals surface area contributed by atoms with E-state index in [2.05, 4.69) is 88.4 Å². The van der Waals surface area contributed by atoms with Crippen LogP contribution in [0, 0.1) is 13.8 Å². The van der Waals surface area contributed by atoms with Crippen LogP contribution in [0.5, 0.6) is 0 Å². The van der Waals surface area contributed by atoms with E-state index >= 15 is 0 Å². The van der Waals surface area contributed by atoms with Crippen molar-refractivity contribution in [1.29, 1.82) is 0 Å². The Hall–Kier alpha value is -3.39. The number of hydrogen-bond acceptors (Lipinski definition) is 2. The maximum Gasteiger partial charge on any atom is 0.145 e. The molecule has 158 valence electrons. The van der Waals surface area contributed by atoms with Crippen molar-refractivity contribution < 1.29 is 4.42 Å². The lowest BCUT2D eigenvalue weighted by atomic mass is 9.74. The molecule has 0 fully saturated rings. The van der Waals surface area contributed by atoms with Crippen molar-refractivity contribution in [2.24, 2.45) is 0 Å². The third kappa shape index (κ3) is 2.38. The van der Waals surface area contributed by atoms with E-state index in [1.54, 1.807) is 0 Å². The quantitative estimate of drug-likeness (QED) is 0.295. The number of aryl methyl sites for hydroxylation is 2. The van der Waals surface area contributed by atoms with Gasteiger partial charge in [-0.2, -0.15) is 0 Å². The second kappa shape index (κ2) is 6.80. The highest BCUT2D eigenvalue weighted by molar-refractivity contribution is 6.14. The summed E-state index contributed by atoms with van der Waals surface area (Å²) < 4.78 is 6.79. The lowest BCUT2D eigenvalue weighted by molar-refractivity contribution is 0.490. The van der Waals surface area contributed by atoms with Crippen molar-refractivity contribution in [3.8, 4) is 22.4 Å². The Morgan fingerprint density at radius 2 is 1.47 bits per heavy atom. The van der Waals surface area contributed by atoms with Crippen LogP contribution in [-0.4, -0.2) is 4.98 Å². The summed E-state index contributed by atoms with van der Waals surface area (Å²) in [5.74, 6) is 0. The molecular weight excluding hydrogens is 390 g/mol. The van der Waals surface area contributed by atoms with Gasteiger partial charge in [0.05, 0.1) is 5.69 Å². The van der Waals surface area contributed by atoms with Gasteiger partial charge in [0, 0.05) is 33.5 Å². The van der Waals surface area contributed by atoms with E-state index in [1.807, 2.05) is 6.20 Å². The molecule has 0 saturated carbocycles. The van der Waals surface area contributed by atoms with Gasteiger partial charge in [-0.05, 0) is 60.6 Å². The number of nitrogens with zero attached hydrogens (tertiary/aromatic N) is 1. The van der Waals surface area contributed by atoms with Gasteiger partial charge in [-0.3, -0.25) is 4.98 Å². The number of fused-ring (bicyclic) bond motifs is 7. The molecule has 0 unspecified atom stereocenters. The van der Waals surface area contributed by atoms with E-state index < -0.39 is 0 Å². The number of aromatic nitrogens is 1. The van der Waals surface area contributed by atoms with Crippen molar-refractivity contribution in [3.63, 3.8) is 0 Å². The zero-order valence-corrected chi connectivity index (χ0v) is 19.1. The summed E-state index contributed by atoms with van der Waals surface area (Å²) in [6, 6.07) is 22.1. The molecule has 0 aliphatic heterocycles. The maximum absolute atomic E-state index is 6.79. The minimum atomic E-state index is 0.0519. The molecule has 1 aliphatic carbocycles. The highest BCUT2D eigenvalue weighted by Gasteiger charge is 2.42. The SMILES string of the molecule is CCC1(CC)c2ccccc2-c2c1ccc1c2oc2c(-c3ccc(C)cn3)c(C)ccc21. The van der Waals surface area contributed by atoms with Crippen LogP contribution < -0.4 is 0 Å². The highest BCUT2D eigenvalue weighted by Crippen LogP contribution is 2.55. The summed E-state index contributed by atoms with van der Waals surface area (Å²) in [4.78, 5) is 4.73. The molecule has 2 aromatic heterocycles. The number of hydrogen-bond donors (Lipinski definition) is 0. The van der Waals surface area contributed by atoms with Crippen LogP contribution in [0.3, 0.4) is 0 Å². The third-order valence-electron chi connectivity index (χ3n) is 7.62. The van der Waals surface area contributed by atoms with Crippen molar-refractivity contribution in [3.05, 3.63) is 89.1 Å². The molecule has 0 atom stereocenters. The predicted octanol–water partition coefficient (Wildman–Crippen LogP) is 8.35. The summed E-state index contributed by atoms with van der Waals surface area (Å²) >= 11 is 0. The second-order valence-corrected chi connectivity index (χ2v) is 9.16. The smallest absolute Gasteiger partial charge is 0.145 e. The van der Waals surface area contributed by atoms with Gasteiger partial charge in [-0.25, -0.2) is 0 Å². The molecular formula is C30H27NO. The molecule has 3 aromatic carbocycles. The molecule has 32 heavy (non-hydrogen) atoms. The second-order valence-electron chi connectivity index (χ2n) is 9.16. The van der Waals surface area contributed by atoms with E-state index in [0.717, 1.165) is 46.2 Å². The first kappa shape index (κ1) is 19.3. The van der Waals surface area contributed by atoms with E-state index in [4.69, 9.17) is 9.40 Å². The molecule has 2 heteroatoms. The first-order valence-corrected chi connectivity index (χ1v) is 11.6. The van der Waals surface area contributed by atoms with Gasteiger partial charge in [0.2, 0.25) is 0 Å². The Kier molecular flexibility index (Phi) is 4.10. The van der Waals surface area contributed by atoms with Gasteiger partial charge < -0.3 is 4.42 Å². The summed E-state index contributed by atoms with van der Waals surface area (Å²) in [5.41, 5.74) is 11.8. The Bertz CT molecular complexity index is 1500. The lowest BCUT2D eigenvalue weighted by Gasteiger charge is -2.29. The molecule has 2 heterocycles. The fraction of sp³-hybridized carbons (Fsp3) is 0.233. The summed E-state index contributed by atoms with van der Waals surface area (Å²) in [6.07, 6.45) is 4.09. The molecule has 5 aromatic rings. The zero-order chi connectivity index (χ0) is 22.0. The Morgan fingerprint density at radius 1 is 0.750 bits per heavy atom. The standard InChI is InChI=1S/C30H27NO/c1-5-30(6-2)23-10-8-7-9-22(23)27-24(30)15-14-21-20-13-12-19(4)26(28(20)32-29(21)27)25-16-11-18(3)17-31-25/h7-17H,5-6H2,1-4H3. The lowest BCUT2D eigenvalue weighted by Crippen LogP contribution is -2.22. The van der Waals surface area contributed by atoms with Gasteiger partial charge in [0.15, 0.2) is 0 Å². The van der Waals surface area contributed by atoms with E-state index in [0.29, 0.717) is 0 Å². The highest BCUT2D eigenvalue weighted by atomic mass is 16.3. The first-order chi connectivity index (χ1) is 15.6. The normalized spacial score (nSPS) is 14.1. The molecule has 0 saturated heterocycles. The average Bonchev–Trinajstić information content (AvgIpc) is 3.33. The van der Waals surface area contributed by atoms with Crippen molar-refractivity contribution >= 4 is 21.9 Å². The predicted molar refractivity (Wildman–Crippen MR) is 133 cm³/mol. The Morgan fingerprint density at radius 3 is 2.19 bits per heavy atom. The monoisotopic (exact) mass is 417 g/mol. The van der Waals surface area contributed by atoms with Gasteiger partial charge in [-0.1, -0.05) is 68.4 Å². The van der Waals surface area contributed by atoms with Crippen molar-refractivity contribution in [2.45, 2.75) is 46.0 Å². The Balaban J connectivity index is 1.73. The first-order valence-electron chi connectivity index (χ1n) is 11.6. The van der Waals surface area contributed by atoms with Gasteiger partial charge in [0.1, 0.15) is 11.2 Å². The van der Waals surface area contributed by atoms with Crippen LogP contribution in [0.2, 0.25) is 0 Å². The molecule has 6 rings (SSSR count). The number of rotatable bonds is 3. The van der Waals surface area contributed by atoms with E-state index in [9.17, 15) is 0 Å². The molecule has 0 radical (unpaired) electrons. The van der Waals surface area contributed by atoms with Gasteiger partial charge >= 0.3 is 0 Å². The molecule has 0 N–H and O–H groups in total. The number of pyridine rings is 1. The topological polar surface area (TPSA) is 26.0 Å². The number of benzene rings is 3. The van der Waals surface area contributed by atoms with Crippen LogP contribution in [-0.2, 0) is 5.41 Å². The van der Waals surface area contributed by atoms with Crippen molar-refractivity contribution in [2.75, 3.05) is 0 Å². The fourth-order valence-corrected chi connectivity index (χ4v) is 5.88.